The summed E-state index contributed by atoms with van der Waals surface area (Å²) in [5.41, 5.74) is -1.71. The molecular weight excluding hydrogens is 755 g/mol. The Labute approximate surface area is 368 Å². The lowest BCUT2D eigenvalue weighted by molar-refractivity contribution is -0.182. The number of ether oxygens (including phenoxy) is 3. The molecule has 0 radical (unpaired) electrons. The molecule has 9 nitrogen and oxygen atoms in total. The van der Waals surface area contributed by atoms with Gasteiger partial charge in [0.2, 0.25) is 0 Å². The van der Waals surface area contributed by atoms with E-state index in [1.54, 1.807) is 0 Å². The molecule has 0 aliphatic rings. The molecule has 0 heterocycles. The summed E-state index contributed by atoms with van der Waals surface area (Å²) < 4.78 is 18.0. The molecule has 60 heavy (non-hydrogen) atoms. The number of carboxylic acids is 1. The molecule has 350 valence electrons. The molecule has 3 unspecified atom stereocenters. The van der Waals surface area contributed by atoms with Crippen LogP contribution >= 0.6 is 0 Å². The zero-order valence-electron chi connectivity index (χ0n) is 40.1. The smallest absolute Gasteiger partial charge is 0.316 e. The summed E-state index contributed by atoms with van der Waals surface area (Å²) in [5.74, 6) is -2.34. The van der Waals surface area contributed by atoms with Gasteiger partial charge in [-0.3, -0.25) is 19.2 Å². The third-order valence-corrected chi connectivity index (χ3v) is 11.7. The second-order valence-corrected chi connectivity index (χ2v) is 18.0. The van der Waals surface area contributed by atoms with E-state index in [-0.39, 0.29) is 56.1 Å². The molecule has 3 atom stereocenters. The summed E-state index contributed by atoms with van der Waals surface area (Å²) in [5, 5.41) is 11.2. The fourth-order valence-electron chi connectivity index (χ4n) is 7.95. The van der Waals surface area contributed by atoms with Crippen molar-refractivity contribution in [1.82, 2.24) is 4.90 Å². The number of carboxylic acid groups (broad SMARTS) is 1. The maximum absolute atomic E-state index is 13.9. The Kier molecular flexibility index (Phi) is 36.3. The number of unbranched alkanes of at least 4 members (excludes halogenated alkanes) is 10. The maximum Gasteiger partial charge on any atom is 0.316 e. The molecular formula is C51H93NO8. The molecule has 0 spiro atoms. The number of carbonyl (C=O) groups is 4. The van der Waals surface area contributed by atoms with Crippen LogP contribution in [0.2, 0.25) is 0 Å². The summed E-state index contributed by atoms with van der Waals surface area (Å²) >= 11 is 0. The molecule has 0 aliphatic heterocycles. The predicted octanol–water partition coefficient (Wildman–Crippen LogP) is 13.2. The molecule has 0 amide bonds. The van der Waals surface area contributed by atoms with Gasteiger partial charge in [-0.05, 0) is 122 Å². The second-order valence-electron chi connectivity index (χ2n) is 18.0. The van der Waals surface area contributed by atoms with E-state index in [0.717, 1.165) is 116 Å². The zero-order valence-corrected chi connectivity index (χ0v) is 40.1. The summed E-state index contributed by atoms with van der Waals surface area (Å²) in [7, 11) is 3.91. The Morgan fingerprint density at radius 2 is 1.12 bits per heavy atom. The van der Waals surface area contributed by atoms with Crippen LogP contribution in [0.3, 0.4) is 0 Å². The minimum atomic E-state index is -1.71. The summed E-state index contributed by atoms with van der Waals surface area (Å²) in [6.45, 7) is 13.0. The molecule has 0 bridgehead atoms. The Balaban J connectivity index is 6.45. The first-order chi connectivity index (χ1) is 28.9. The number of hydrogen-bond acceptors (Lipinski definition) is 8. The maximum atomic E-state index is 13.9. The lowest BCUT2D eigenvalue weighted by atomic mass is 9.73. The normalized spacial score (nSPS) is 14.0. The van der Waals surface area contributed by atoms with E-state index in [0.29, 0.717) is 19.3 Å². The predicted molar refractivity (Wildman–Crippen MR) is 248 cm³/mol. The van der Waals surface area contributed by atoms with Gasteiger partial charge < -0.3 is 24.2 Å². The summed E-state index contributed by atoms with van der Waals surface area (Å²) in [6.07, 6.45) is 30.7. The van der Waals surface area contributed by atoms with E-state index < -0.39 is 36.0 Å². The van der Waals surface area contributed by atoms with Crippen molar-refractivity contribution in [3.8, 4) is 0 Å². The van der Waals surface area contributed by atoms with Crippen LogP contribution in [0.15, 0.2) is 24.3 Å². The highest BCUT2D eigenvalue weighted by Crippen LogP contribution is 2.38. The zero-order chi connectivity index (χ0) is 44.9. The van der Waals surface area contributed by atoms with E-state index in [2.05, 4.69) is 58.9 Å². The second kappa shape index (κ2) is 38.0. The number of allylic oxidation sites excluding steroid dienone is 4. The molecule has 9 heteroatoms. The molecule has 0 aromatic heterocycles. The number of carbonyl (C=O) groups excluding carboxylic acids is 3. The third-order valence-electron chi connectivity index (χ3n) is 11.7. The van der Waals surface area contributed by atoms with Gasteiger partial charge in [-0.25, -0.2) is 0 Å². The monoisotopic (exact) mass is 848 g/mol. The lowest BCUT2D eigenvalue weighted by Gasteiger charge is -2.38. The van der Waals surface area contributed by atoms with Crippen molar-refractivity contribution in [2.45, 2.75) is 221 Å². The van der Waals surface area contributed by atoms with Crippen LogP contribution in [0, 0.1) is 23.2 Å². The van der Waals surface area contributed by atoms with Crippen molar-refractivity contribution < 1.29 is 38.5 Å². The first kappa shape index (κ1) is 57.3. The Bertz CT molecular complexity index is 1140. The van der Waals surface area contributed by atoms with Gasteiger partial charge in [-0.2, -0.15) is 0 Å². The molecule has 0 aromatic rings. The van der Waals surface area contributed by atoms with Gasteiger partial charge in [0.15, 0.2) is 0 Å². The lowest BCUT2D eigenvalue weighted by Crippen LogP contribution is -2.50. The third kappa shape index (κ3) is 29.6. The SMILES string of the molecule is CCCCC/C=C\C/C=C\CCCCCC(OC(=O)CC(CCCC)CCCC)C(COC(=O)CC(CCCC)CCCC)(CC(C)COC(=O)CCCN(C)C)C(=O)O. The number of aliphatic carboxylic acids is 1. The minimum absolute atomic E-state index is 0.0247. The molecule has 0 aliphatic carbocycles. The van der Waals surface area contributed by atoms with Gasteiger partial charge in [0.25, 0.3) is 0 Å². The highest BCUT2D eigenvalue weighted by atomic mass is 16.6. The number of hydrogen-bond donors (Lipinski definition) is 1. The van der Waals surface area contributed by atoms with Gasteiger partial charge >= 0.3 is 23.9 Å². The molecule has 0 rings (SSSR count). The summed E-state index contributed by atoms with van der Waals surface area (Å²) in [6, 6.07) is 0. The number of rotatable bonds is 41. The fourth-order valence-corrected chi connectivity index (χ4v) is 7.95. The van der Waals surface area contributed by atoms with Crippen LogP contribution in [0.25, 0.3) is 0 Å². The molecule has 1 N–H and O–H groups in total. The molecule has 0 aromatic carbocycles. The Morgan fingerprint density at radius 3 is 1.62 bits per heavy atom. The van der Waals surface area contributed by atoms with Gasteiger partial charge in [0.1, 0.15) is 18.1 Å². The standard InChI is InChI=1S/C51H93NO8/c1-9-14-19-20-21-22-23-24-25-26-27-28-29-35-46(60-49(55)39-45(33-17-12-4)34-18-13-5)51(50(56)57,40-43(6)41-58-47(53)36-30-37-52(7)8)42-59-48(54)38-44(31-15-10-2)32-16-11-3/h21-22,24-25,43-46H,9-20,23,26-42H2,1-8H3,(H,56,57)/b22-21-,25-24-. The van der Waals surface area contributed by atoms with Crippen molar-refractivity contribution in [2.24, 2.45) is 23.2 Å². The van der Waals surface area contributed by atoms with Crippen LogP contribution in [0.5, 0.6) is 0 Å². The largest absolute Gasteiger partial charge is 0.481 e. The average molecular weight is 848 g/mol. The Hall–Kier alpha value is -2.68. The average Bonchev–Trinajstić information content (AvgIpc) is 3.21. The van der Waals surface area contributed by atoms with Crippen LogP contribution < -0.4 is 0 Å². The number of nitrogens with zero attached hydrogens (tertiary/aromatic N) is 1. The highest BCUT2D eigenvalue weighted by molar-refractivity contribution is 5.78. The van der Waals surface area contributed by atoms with Crippen LogP contribution in [0.1, 0.15) is 215 Å². The quantitative estimate of drug-likeness (QED) is 0.0277. The van der Waals surface area contributed by atoms with Gasteiger partial charge in [-0.1, -0.05) is 136 Å². The van der Waals surface area contributed by atoms with Crippen molar-refractivity contribution in [2.75, 3.05) is 33.9 Å². The van der Waals surface area contributed by atoms with Crippen molar-refractivity contribution >= 4 is 23.9 Å². The van der Waals surface area contributed by atoms with Crippen LogP contribution in [0.4, 0.5) is 0 Å². The van der Waals surface area contributed by atoms with Crippen LogP contribution in [-0.4, -0.2) is 73.8 Å². The van der Waals surface area contributed by atoms with Gasteiger partial charge in [0, 0.05) is 19.3 Å². The van der Waals surface area contributed by atoms with Crippen LogP contribution in [-0.2, 0) is 33.4 Å². The first-order valence-corrected chi connectivity index (χ1v) is 24.6. The molecule has 0 fully saturated rings. The number of esters is 3. The van der Waals surface area contributed by atoms with E-state index >= 15 is 0 Å². The van der Waals surface area contributed by atoms with Crippen molar-refractivity contribution in [1.29, 1.82) is 0 Å². The van der Waals surface area contributed by atoms with E-state index in [1.165, 1.54) is 19.3 Å². The topological polar surface area (TPSA) is 119 Å². The highest BCUT2D eigenvalue weighted by Gasteiger charge is 2.50. The Morgan fingerprint density at radius 1 is 0.600 bits per heavy atom. The van der Waals surface area contributed by atoms with E-state index in [9.17, 15) is 24.3 Å². The molecule has 0 saturated heterocycles. The van der Waals surface area contributed by atoms with Gasteiger partial charge in [0.05, 0.1) is 6.61 Å². The first-order valence-electron chi connectivity index (χ1n) is 24.6. The van der Waals surface area contributed by atoms with E-state index in [1.807, 2.05) is 25.9 Å². The van der Waals surface area contributed by atoms with E-state index in [4.69, 9.17) is 14.2 Å². The molecule has 0 saturated carbocycles. The minimum Gasteiger partial charge on any atom is -0.481 e. The fraction of sp³-hybridized carbons (Fsp3) is 0.843. The summed E-state index contributed by atoms with van der Waals surface area (Å²) in [4.78, 5) is 55.9. The van der Waals surface area contributed by atoms with Crippen molar-refractivity contribution in [3.05, 3.63) is 24.3 Å². The van der Waals surface area contributed by atoms with Crippen molar-refractivity contribution in [3.63, 3.8) is 0 Å². The van der Waals surface area contributed by atoms with Gasteiger partial charge in [-0.15, -0.1) is 0 Å².